The predicted molar refractivity (Wildman–Crippen MR) is 122 cm³/mol. The normalized spacial score (nSPS) is 11.0. The lowest BCUT2D eigenvalue weighted by Crippen LogP contribution is -2.34. The number of hydrogen-bond donors (Lipinski definition) is 2. The van der Waals surface area contributed by atoms with Crippen molar-refractivity contribution < 1.29 is 18.7 Å². The van der Waals surface area contributed by atoms with Crippen molar-refractivity contribution in [3.8, 4) is 5.75 Å². The number of benzene rings is 2. The summed E-state index contributed by atoms with van der Waals surface area (Å²) in [5.74, 6) is 0.479. The van der Waals surface area contributed by atoms with Gasteiger partial charge in [0.15, 0.2) is 5.76 Å². The Hall–Kier alpha value is -3.32. The van der Waals surface area contributed by atoms with E-state index in [1.807, 2.05) is 13.0 Å². The summed E-state index contributed by atoms with van der Waals surface area (Å²) < 4.78 is 11.0. The van der Waals surface area contributed by atoms with Crippen molar-refractivity contribution in [3.63, 3.8) is 0 Å². The number of aryl methyl sites for hydroxylation is 1. The molecule has 0 unspecified atom stereocenters. The molecule has 0 bridgehead atoms. The zero-order valence-electron chi connectivity index (χ0n) is 18.5. The summed E-state index contributed by atoms with van der Waals surface area (Å²) >= 11 is 0. The van der Waals surface area contributed by atoms with Crippen molar-refractivity contribution in [3.05, 3.63) is 59.4 Å². The molecule has 3 aromatic rings. The molecule has 3 rings (SSSR count). The third-order valence-corrected chi connectivity index (χ3v) is 5.36. The quantitative estimate of drug-likeness (QED) is 0.542. The minimum atomic E-state index is -0.343. The van der Waals surface area contributed by atoms with E-state index in [0.29, 0.717) is 29.1 Å². The van der Waals surface area contributed by atoms with Gasteiger partial charge in [0.25, 0.3) is 11.8 Å². The molecule has 2 N–H and O–H groups in total. The van der Waals surface area contributed by atoms with Gasteiger partial charge in [-0.15, -0.1) is 0 Å². The highest BCUT2D eigenvalue weighted by atomic mass is 16.5. The van der Waals surface area contributed by atoms with Crippen LogP contribution in [0.3, 0.4) is 0 Å². The molecule has 0 aliphatic carbocycles. The van der Waals surface area contributed by atoms with Crippen molar-refractivity contribution >= 4 is 28.5 Å². The zero-order chi connectivity index (χ0) is 22.4. The first-order valence-electron chi connectivity index (χ1n) is 10.5. The Labute approximate surface area is 182 Å². The molecule has 1 heterocycles. The minimum absolute atomic E-state index is 0.132. The lowest BCUT2D eigenvalue weighted by Gasteiger charge is -2.17. The van der Waals surface area contributed by atoms with Gasteiger partial charge in [-0.25, -0.2) is 0 Å². The summed E-state index contributed by atoms with van der Waals surface area (Å²) in [7, 11) is 1.60. The van der Waals surface area contributed by atoms with E-state index in [4.69, 9.17) is 9.15 Å². The van der Waals surface area contributed by atoms with Crippen LogP contribution < -0.4 is 15.4 Å². The summed E-state index contributed by atoms with van der Waals surface area (Å²) in [6.07, 6.45) is 0. The van der Waals surface area contributed by atoms with Crippen LogP contribution in [0.5, 0.6) is 5.75 Å². The van der Waals surface area contributed by atoms with E-state index >= 15 is 0 Å². The van der Waals surface area contributed by atoms with Crippen LogP contribution in [0.1, 0.15) is 40.3 Å². The van der Waals surface area contributed by atoms with Gasteiger partial charge >= 0.3 is 0 Å². The molecular weight excluding hydrogens is 394 g/mol. The number of anilines is 1. The van der Waals surface area contributed by atoms with Gasteiger partial charge in [-0.3, -0.25) is 9.59 Å². The topological polar surface area (TPSA) is 83.8 Å². The van der Waals surface area contributed by atoms with Crippen LogP contribution >= 0.6 is 0 Å². The number of amides is 2. The van der Waals surface area contributed by atoms with Gasteiger partial charge in [0.05, 0.1) is 7.11 Å². The number of likely N-dealkylation sites (N-methyl/N-ethyl adjacent to an activating group) is 1. The largest absolute Gasteiger partial charge is 0.497 e. The first-order chi connectivity index (χ1) is 15.0. The Kier molecular flexibility index (Phi) is 7.31. The molecule has 1 aromatic heterocycles. The monoisotopic (exact) mass is 423 g/mol. The van der Waals surface area contributed by atoms with Gasteiger partial charge in [0.1, 0.15) is 11.3 Å². The average Bonchev–Trinajstić information content (AvgIpc) is 3.13. The van der Waals surface area contributed by atoms with Crippen LogP contribution in [0, 0.1) is 6.92 Å². The van der Waals surface area contributed by atoms with Crippen molar-refractivity contribution in [2.75, 3.05) is 38.6 Å². The number of carbonyl (C=O) groups excluding carboxylic acids is 2. The fourth-order valence-electron chi connectivity index (χ4n) is 3.41. The maximum atomic E-state index is 12.7. The van der Waals surface area contributed by atoms with Crippen LogP contribution in [-0.4, -0.2) is 50.0 Å². The van der Waals surface area contributed by atoms with Crippen LogP contribution in [0.4, 0.5) is 5.69 Å². The Morgan fingerprint density at radius 3 is 2.39 bits per heavy atom. The maximum absolute atomic E-state index is 12.7. The molecule has 0 saturated carbocycles. The first kappa shape index (κ1) is 22.4. The third kappa shape index (κ3) is 5.24. The molecule has 0 radical (unpaired) electrons. The molecule has 0 spiro atoms. The minimum Gasteiger partial charge on any atom is -0.497 e. The number of fused-ring (bicyclic) bond motifs is 1. The van der Waals surface area contributed by atoms with E-state index in [1.165, 1.54) is 0 Å². The van der Waals surface area contributed by atoms with Crippen LogP contribution in [0.2, 0.25) is 0 Å². The lowest BCUT2D eigenvalue weighted by atomic mass is 10.1. The Morgan fingerprint density at radius 2 is 1.74 bits per heavy atom. The van der Waals surface area contributed by atoms with Gasteiger partial charge in [-0.05, 0) is 62.5 Å². The summed E-state index contributed by atoms with van der Waals surface area (Å²) in [6, 6.07) is 12.2. The number of rotatable bonds is 9. The van der Waals surface area contributed by atoms with Crippen molar-refractivity contribution in [1.29, 1.82) is 0 Å². The Balaban J connectivity index is 1.63. The zero-order valence-corrected chi connectivity index (χ0v) is 18.5. The SMILES string of the molecule is CCN(CC)CCNC(=O)c1ccc(NC(=O)c2oc3ccc(OC)cc3c2C)cc1. The van der Waals surface area contributed by atoms with Crippen LogP contribution in [0.25, 0.3) is 11.0 Å². The molecular formula is C24H29N3O4. The summed E-state index contributed by atoms with van der Waals surface area (Å²) in [5, 5.41) is 6.58. The van der Waals surface area contributed by atoms with E-state index < -0.39 is 0 Å². The van der Waals surface area contributed by atoms with Gasteiger partial charge in [0.2, 0.25) is 0 Å². The van der Waals surface area contributed by atoms with Crippen LogP contribution in [-0.2, 0) is 0 Å². The van der Waals surface area contributed by atoms with Gasteiger partial charge in [-0.2, -0.15) is 0 Å². The molecule has 0 fully saturated rings. The van der Waals surface area contributed by atoms with Crippen molar-refractivity contribution in [2.24, 2.45) is 0 Å². The van der Waals surface area contributed by atoms with E-state index in [1.54, 1.807) is 43.5 Å². The lowest BCUT2D eigenvalue weighted by molar-refractivity contribution is 0.0948. The molecule has 31 heavy (non-hydrogen) atoms. The number of nitrogens with one attached hydrogen (secondary N) is 2. The molecule has 7 nitrogen and oxygen atoms in total. The maximum Gasteiger partial charge on any atom is 0.291 e. The molecule has 2 aromatic carbocycles. The highest BCUT2D eigenvalue weighted by Gasteiger charge is 2.18. The number of carbonyl (C=O) groups is 2. The molecule has 2 amide bonds. The second-order valence-corrected chi connectivity index (χ2v) is 7.23. The van der Waals surface area contributed by atoms with Crippen LogP contribution in [0.15, 0.2) is 46.9 Å². The van der Waals surface area contributed by atoms with Crippen molar-refractivity contribution in [2.45, 2.75) is 20.8 Å². The number of furan rings is 1. The fourth-order valence-corrected chi connectivity index (χ4v) is 3.41. The average molecular weight is 424 g/mol. The Bertz CT molecular complexity index is 1050. The van der Waals surface area contributed by atoms with E-state index in [-0.39, 0.29) is 17.6 Å². The smallest absolute Gasteiger partial charge is 0.291 e. The van der Waals surface area contributed by atoms with Gasteiger partial charge in [-0.1, -0.05) is 13.8 Å². The summed E-state index contributed by atoms with van der Waals surface area (Å²) in [6.45, 7) is 9.36. The van der Waals surface area contributed by atoms with E-state index in [9.17, 15) is 9.59 Å². The Morgan fingerprint density at radius 1 is 1.03 bits per heavy atom. The highest BCUT2D eigenvalue weighted by molar-refractivity contribution is 6.06. The third-order valence-electron chi connectivity index (χ3n) is 5.36. The molecule has 0 saturated heterocycles. The number of hydrogen-bond acceptors (Lipinski definition) is 5. The van der Waals surface area contributed by atoms with Gasteiger partial charge < -0.3 is 24.7 Å². The fraction of sp³-hybridized carbons (Fsp3) is 0.333. The molecule has 0 aliphatic rings. The molecule has 0 atom stereocenters. The standard InChI is InChI=1S/C24H29N3O4/c1-5-27(6-2)14-13-25-23(28)17-7-9-18(10-8-17)26-24(29)22-16(3)20-15-19(30-4)11-12-21(20)31-22/h7-12,15H,5-6,13-14H2,1-4H3,(H,25,28)(H,26,29). The summed E-state index contributed by atoms with van der Waals surface area (Å²) in [4.78, 5) is 27.3. The molecule has 0 aliphatic heterocycles. The predicted octanol–water partition coefficient (Wildman–Crippen LogP) is 4.07. The van der Waals surface area contributed by atoms with Crippen molar-refractivity contribution in [1.82, 2.24) is 10.2 Å². The highest BCUT2D eigenvalue weighted by Crippen LogP contribution is 2.29. The van der Waals surface area contributed by atoms with E-state index in [0.717, 1.165) is 30.6 Å². The number of methoxy groups -OCH3 is 1. The molecule has 164 valence electrons. The second-order valence-electron chi connectivity index (χ2n) is 7.23. The number of ether oxygens (including phenoxy) is 1. The summed E-state index contributed by atoms with van der Waals surface area (Å²) in [5.41, 5.74) is 2.50. The second kappa shape index (κ2) is 10.1. The van der Waals surface area contributed by atoms with E-state index in [2.05, 4.69) is 29.4 Å². The number of nitrogens with zero attached hydrogens (tertiary/aromatic N) is 1. The first-order valence-corrected chi connectivity index (χ1v) is 10.5. The van der Waals surface area contributed by atoms with Gasteiger partial charge in [0, 0.05) is 35.3 Å². The molecule has 7 heteroatoms.